The molecular weight excluding hydrogens is 262 g/mol. The number of hydrogen-bond acceptors (Lipinski definition) is 5. The number of amides is 1. The van der Waals surface area contributed by atoms with E-state index in [1.165, 1.54) is 0 Å². The highest BCUT2D eigenvalue weighted by atomic mass is 32.2. The summed E-state index contributed by atoms with van der Waals surface area (Å²) >= 11 is 1.86. The Balaban J connectivity index is 2.66. The first-order valence-corrected chi connectivity index (χ1v) is 7.68. The third-order valence-electron chi connectivity index (χ3n) is 3.29. The smallest absolute Gasteiger partial charge is 0.300 e. The zero-order chi connectivity index (χ0) is 14.4. The summed E-state index contributed by atoms with van der Waals surface area (Å²) in [6.45, 7) is 4.84. The molecule has 0 aliphatic rings. The van der Waals surface area contributed by atoms with Crippen LogP contribution in [0.3, 0.4) is 0 Å². The lowest BCUT2D eigenvalue weighted by Crippen LogP contribution is -2.30. The number of carbonyl (C=O) groups excluding carboxylic acids is 1. The first kappa shape index (κ1) is 16.1. The number of furan rings is 1. The monoisotopic (exact) mass is 285 g/mol. The van der Waals surface area contributed by atoms with Crippen LogP contribution in [0.15, 0.2) is 10.5 Å². The molecule has 0 fully saturated rings. The zero-order valence-electron chi connectivity index (χ0n) is 12.0. The lowest BCUT2D eigenvalue weighted by atomic mass is 10.2. The summed E-state index contributed by atoms with van der Waals surface area (Å²) in [5.74, 6) is 6.88. The molecule has 108 valence electrons. The van der Waals surface area contributed by atoms with Crippen molar-refractivity contribution in [3.8, 4) is 0 Å². The Morgan fingerprint density at radius 2 is 2.32 bits per heavy atom. The van der Waals surface area contributed by atoms with Crippen molar-refractivity contribution in [2.75, 3.05) is 19.1 Å². The minimum Gasteiger partial charge on any atom is -0.456 e. The molecule has 1 amide bonds. The number of hydrazine groups is 1. The number of nitrogen functional groups attached to an aromatic ring is 1. The van der Waals surface area contributed by atoms with Crippen LogP contribution in [0.25, 0.3) is 0 Å². The van der Waals surface area contributed by atoms with Crippen LogP contribution in [0.5, 0.6) is 0 Å². The molecule has 0 aromatic carbocycles. The number of thioether (sulfide) groups is 1. The van der Waals surface area contributed by atoms with Crippen molar-refractivity contribution < 1.29 is 9.21 Å². The van der Waals surface area contributed by atoms with E-state index in [2.05, 4.69) is 30.6 Å². The molecular formula is C13H23N3O2S. The molecule has 1 unspecified atom stereocenters. The van der Waals surface area contributed by atoms with Crippen molar-refractivity contribution in [1.82, 2.24) is 10.3 Å². The molecule has 1 atom stereocenters. The fourth-order valence-electron chi connectivity index (χ4n) is 1.79. The van der Waals surface area contributed by atoms with Crippen molar-refractivity contribution in [3.63, 3.8) is 0 Å². The highest BCUT2D eigenvalue weighted by Crippen LogP contribution is 2.18. The van der Waals surface area contributed by atoms with E-state index in [9.17, 15) is 4.79 Å². The molecule has 1 aromatic heterocycles. The molecule has 6 heteroatoms. The average molecular weight is 285 g/mol. The van der Waals surface area contributed by atoms with Crippen LogP contribution in [-0.4, -0.2) is 35.9 Å². The number of rotatable bonds is 7. The van der Waals surface area contributed by atoms with Gasteiger partial charge in [0.1, 0.15) is 5.76 Å². The molecule has 0 saturated heterocycles. The van der Waals surface area contributed by atoms with Gasteiger partial charge in [0.2, 0.25) is 0 Å². The standard InChI is InChI=1S/C13H23N3O2S/c1-9(5-6-19-4)16(3)8-11-7-12(13(17)15-14)18-10(11)2/h7,9H,5-6,8,14H2,1-4H3,(H,15,17). The first-order chi connectivity index (χ1) is 8.99. The van der Waals surface area contributed by atoms with Crippen LogP contribution in [0, 0.1) is 6.92 Å². The van der Waals surface area contributed by atoms with Crippen LogP contribution in [-0.2, 0) is 6.54 Å². The van der Waals surface area contributed by atoms with Gasteiger partial charge in [0.15, 0.2) is 5.76 Å². The van der Waals surface area contributed by atoms with Crippen molar-refractivity contribution in [2.45, 2.75) is 32.9 Å². The van der Waals surface area contributed by atoms with Gasteiger partial charge in [-0.2, -0.15) is 11.8 Å². The van der Waals surface area contributed by atoms with Crippen molar-refractivity contribution in [1.29, 1.82) is 0 Å². The van der Waals surface area contributed by atoms with E-state index in [1.54, 1.807) is 6.07 Å². The van der Waals surface area contributed by atoms with E-state index in [1.807, 2.05) is 18.7 Å². The molecule has 19 heavy (non-hydrogen) atoms. The maximum atomic E-state index is 11.4. The molecule has 0 radical (unpaired) electrons. The Bertz CT molecular complexity index is 420. The Morgan fingerprint density at radius 1 is 1.63 bits per heavy atom. The van der Waals surface area contributed by atoms with E-state index in [0.717, 1.165) is 30.0 Å². The lowest BCUT2D eigenvalue weighted by molar-refractivity contribution is 0.0924. The van der Waals surface area contributed by atoms with Gasteiger partial charge >= 0.3 is 5.91 Å². The minimum absolute atomic E-state index is 0.264. The number of nitrogens with zero attached hydrogens (tertiary/aromatic N) is 1. The van der Waals surface area contributed by atoms with Gasteiger partial charge in [-0.15, -0.1) is 0 Å². The van der Waals surface area contributed by atoms with Gasteiger partial charge in [0.25, 0.3) is 0 Å². The highest BCUT2D eigenvalue weighted by Gasteiger charge is 2.16. The SMILES string of the molecule is CSCCC(C)N(C)Cc1cc(C(=O)NN)oc1C. The topological polar surface area (TPSA) is 71.5 Å². The van der Waals surface area contributed by atoms with Crippen LogP contribution in [0.1, 0.15) is 35.2 Å². The third-order valence-corrected chi connectivity index (χ3v) is 3.93. The molecule has 5 nitrogen and oxygen atoms in total. The second kappa shape index (κ2) is 7.57. The summed E-state index contributed by atoms with van der Waals surface area (Å²) in [6, 6.07) is 2.25. The second-order valence-corrected chi connectivity index (χ2v) is 5.70. The second-order valence-electron chi connectivity index (χ2n) is 4.71. The average Bonchev–Trinajstić information content (AvgIpc) is 2.76. The largest absolute Gasteiger partial charge is 0.456 e. The predicted molar refractivity (Wildman–Crippen MR) is 79.0 cm³/mol. The Labute approximate surface area is 118 Å². The number of nitrogens with two attached hydrogens (primary N) is 1. The molecule has 0 spiro atoms. The maximum Gasteiger partial charge on any atom is 0.300 e. The number of nitrogens with one attached hydrogen (secondary N) is 1. The molecule has 1 heterocycles. The highest BCUT2D eigenvalue weighted by molar-refractivity contribution is 7.98. The summed E-state index contributed by atoms with van der Waals surface area (Å²) in [4.78, 5) is 13.7. The fraction of sp³-hybridized carbons (Fsp3) is 0.615. The van der Waals surface area contributed by atoms with Gasteiger partial charge in [-0.05, 0) is 45.4 Å². The molecule has 0 aliphatic heterocycles. The normalized spacial score (nSPS) is 12.7. The maximum absolute atomic E-state index is 11.4. The summed E-state index contributed by atoms with van der Waals surface area (Å²) < 4.78 is 5.41. The number of aryl methyl sites for hydroxylation is 1. The summed E-state index contributed by atoms with van der Waals surface area (Å²) in [6.07, 6.45) is 3.26. The van der Waals surface area contributed by atoms with Crippen molar-refractivity contribution >= 4 is 17.7 Å². The van der Waals surface area contributed by atoms with E-state index >= 15 is 0 Å². The lowest BCUT2D eigenvalue weighted by Gasteiger charge is -2.24. The molecule has 1 aromatic rings. The van der Waals surface area contributed by atoms with Gasteiger partial charge in [0, 0.05) is 18.2 Å². The van der Waals surface area contributed by atoms with Crippen molar-refractivity contribution in [2.24, 2.45) is 5.84 Å². The summed E-state index contributed by atoms with van der Waals surface area (Å²) in [7, 11) is 2.08. The summed E-state index contributed by atoms with van der Waals surface area (Å²) in [5, 5.41) is 0. The van der Waals surface area contributed by atoms with Crippen LogP contribution >= 0.6 is 11.8 Å². The van der Waals surface area contributed by atoms with Crippen LogP contribution in [0.4, 0.5) is 0 Å². The van der Waals surface area contributed by atoms with Crippen molar-refractivity contribution in [3.05, 3.63) is 23.2 Å². The fourth-order valence-corrected chi connectivity index (χ4v) is 2.37. The van der Waals surface area contributed by atoms with Gasteiger partial charge in [-0.25, -0.2) is 5.84 Å². The number of carbonyl (C=O) groups is 1. The van der Waals surface area contributed by atoms with E-state index in [-0.39, 0.29) is 5.76 Å². The molecule has 3 N–H and O–H groups in total. The predicted octanol–water partition coefficient (Wildman–Crippen LogP) is 1.76. The molecule has 0 aliphatic carbocycles. The van der Waals surface area contributed by atoms with E-state index in [0.29, 0.717) is 6.04 Å². The molecule has 0 bridgehead atoms. The molecule has 1 rings (SSSR count). The van der Waals surface area contributed by atoms with Crippen LogP contribution in [0.2, 0.25) is 0 Å². The van der Waals surface area contributed by atoms with Gasteiger partial charge in [-0.3, -0.25) is 15.1 Å². The van der Waals surface area contributed by atoms with Gasteiger partial charge in [-0.1, -0.05) is 0 Å². The zero-order valence-corrected chi connectivity index (χ0v) is 12.8. The first-order valence-electron chi connectivity index (χ1n) is 6.29. The Hall–Kier alpha value is -0.980. The van der Waals surface area contributed by atoms with E-state index < -0.39 is 5.91 Å². The Kier molecular flexibility index (Phi) is 6.41. The summed E-state index contributed by atoms with van der Waals surface area (Å²) in [5.41, 5.74) is 3.10. The Morgan fingerprint density at radius 3 is 2.89 bits per heavy atom. The van der Waals surface area contributed by atoms with Crippen LogP contribution < -0.4 is 11.3 Å². The number of hydrogen-bond donors (Lipinski definition) is 2. The quantitative estimate of drug-likeness (QED) is 0.454. The third kappa shape index (κ3) is 4.56. The molecule has 0 saturated carbocycles. The van der Waals surface area contributed by atoms with E-state index in [4.69, 9.17) is 10.3 Å². The minimum atomic E-state index is -0.396. The van der Waals surface area contributed by atoms with Gasteiger partial charge < -0.3 is 4.42 Å². The van der Waals surface area contributed by atoms with Gasteiger partial charge in [0.05, 0.1) is 0 Å².